The number of carbonyl (C=O) groups excluding carboxylic acids is 2. The average Bonchev–Trinajstić information content (AvgIpc) is 2.94. The van der Waals surface area contributed by atoms with Gasteiger partial charge in [-0.3, -0.25) is 14.9 Å². The van der Waals surface area contributed by atoms with Crippen LogP contribution in [0.15, 0.2) is 65.9 Å². The predicted octanol–water partition coefficient (Wildman–Crippen LogP) is 3.05. The van der Waals surface area contributed by atoms with Crippen molar-refractivity contribution in [2.45, 2.75) is 19.5 Å². The van der Waals surface area contributed by atoms with Gasteiger partial charge in [0.1, 0.15) is 5.57 Å². The van der Waals surface area contributed by atoms with Crippen molar-refractivity contribution in [3.63, 3.8) is 0 Å². The zero-order valence-corrected chi connectivity index (χ0v) is 15.1. The van der Waals surface area contributed by atoms with E-state index < -0.39 is 28.6 Å². The molecule has 2 aromatic carbocycles. The molecule has 1 unspecified atom stereocenters. The number of rotatable bonds is 6. The molecule has 0 radical (unpaired) electrons. The van der Waals surface area contributed by atoms with Crippen LogP contribution in [0.1, 0.15) is 24.1 Å². The van der Waals surface area contributed by atoms with Crippen molar-refractivity contribution >= 4 is 17.6 Å². The zero-order chi connectivity index (χ0) is 20.3. The van der Waals surface area contributed by atoms with Gasteiger partial charge in [0.2, 0.25) is 0 Å². The van der Waals surface area contributed by atoms with Crippen molar-refractivity contribution in [3.8, 4) is 0 Å². The first kappa shape index (κ1) is 19.1. The number of amides is 1. The molecule has 144 valence electrons. The monoisotopic (exact) mass is 382 g/mol. The third-order valence-electron chi connectivity index (χ3n) is 4.39. The highest BCUT2D eigenvalue weighted by atomic mass is 16.6. The lowest BCUT2D eigenvalue weighted by Gasteiger charge is -2.26. The van der Waals surface area contributed by atoms with E-state index in [0.29, 0.717) is 5.56 Å². The van der Waals surface area contributed by atoms with Gasteiger partial charge >= 0.3 is 5.97 Å². The Morgan fingerprint density at radius 2 is 1.93 bits per heavy atom. The SMILES string of the molecule is CCOC(=O)C1=C(O)C(=O)N(Cc2ccccc2)C1c1cccc([N+](=O)[O-])c1. The van der Waals surface area contributed by atoms with Crippen LogP contribution >= 0.6 is 0 Å². The van der Waals surface area contributed by atoms with Gasteiger partial charge in [-0.15, -0.1) is 0 Å². The maximum absolute atomic E-state index is 12.7. The van der Waals surface area contributed by atoms with E-state index in [1.54, 1.807) is 37.3 Å². The number of aliphatic hydroxyl groups is 1. The van der Waals surface area contributed by atoms with Crippen LogP contribution in [-0.2, 0) is 20.9 Å². The molecule has 1 aliphatic heterocycles. The smallest absolute Gasteiger partial charge is 0.340 e. The summed E-state index contributed by atoms with van der Waals surface area (Å²) in [6.07, 6.45) is 0. The fraction of sp³-hybridized carbons (Fsp3) is 0.200. The van der Waals surface area contributed by atoms with Gasteiger partial charge in [-0.2, -0.15) is 0 Å². The lowest BCUT2D eigenvalue weighted by molar-refractivity contribution is -0.384. The second kappa shape index (κ2) is 7.91. The molecular formula is C20H18N2O6. The quantitative estimate of drug-likeness (QED) is 0.467. The van der Waals surface area contributed by atoms with Crippen molar-refractivity contribution in [2.75, 3.05) is 6.61 Å². The molecule has 28 heavy (non-hydrogen) atoms. The fourth-order valence-corrected chi connectivity index (χ4v) is 3.17. The number of aliphatic hydroxyl groups excluding tert-OH is 1. The van der Waals surface area contributed by atoms with E-state index in [4.69, 9.17) is 4.74 Å². The Kier molecular flexibility index (Phi) is 5.39. The number of esters is 1. The number of carbonyl (C=O) groups is 2. The molecule has 0 aliphatic carbocycles. The maximum Gasteiger partial charge on any atom is 0.340 e. The number of nitro benzene ring substituents is 1. The molecule has 0 aromatic heterocycles. The Hall–Kier alpha value is -3.68. The van der Waals surface area contributed by atoms with Gasteiger partial charge in [0.15, 0.2) is 5.76 Å². The van der Waals surface area contributed by atoms with Gasteiger partial charge in [0.05, 0.1) is 17.6 Å². The number of ether oxygens (including phenoxy) is 1. The summed E-state index contributed by atoms with van der Waals surface area (Å²) in [6.45, 7) is 1.78. The number of benzene rings is 2. The molecule has 3 rings (SSSR count). The van der Waals surface area contributed by atoms with Crippen LogP contribution in [0.3, 0.4) is 0 Å². The molecule has 0 bridgehead atoms. The Bertz CT molecular complexity index is 954. The minimum atomic E-state index is -0.994. The summed E-state index contributed by atoms with van der Waals surface area (Å²) in [5.74, 6) is -2.27. The first-order valence-corrected chi connectivity index (χ1v) is 8.63. The summed E-state index contributed by atoms with van der Waals surface area (Å²) in [7, 11) is 0. The van der Waals surface area contributed by atoms with Crippen LogP contribution in [-0.4, -0.2) is 33.4 Å². The topological polar surface area (TPSA) is 110 Å². The van der Waals surface area contributed by atoms with Crippen molar-refractivity contribution in [1.29, 1.82) is 0 Å². The van der Waals surface area contributed by atoms with Crippen LogP contribution in [0.4, 0.5) is 5.69 Å². The molecular weight excluding hydrogens is 364 g/mol. The summed E-state index contributed by atoms with van der Waals surface area (Å²) in [6, 6.07) is 13.7. The zero-order valence-electron chi connectivity index (χ0n) is 15.1. The molecule has 8 nitrogen and oxygen atoms in total. The first-order valence-electron chi connectivity index (χ1n) is 8.63. The highest BCUT2D eigenvalue weighted by Crippen LogP contribution is 2.39. The average molecular weight is 382 g/mol. The van der Waals surface area contributed by atoms with Crippen LogP contribution < -0.4 is 0 Å². The Morgan fingerprint density at radius 1 is 1.21 bits per heavy atom. The van der Waals surface area contributed by atoms with E-state index in [-0.39, 0.29) is 24.4 Å². The predicted molar refractivity (Wildman–Crippen MR) is 99.1 cm³/mol. The van der Waals surface area contributed by atoms with Gasteiger partial charge in [0, 0.05) is 18.7 Å². The maximum atomic E-state index is 12.7. The molecule has 0 saturated heterocycles. The van der Waals surface area contributed by atoms with Crippen molar-refractivity contribution in [1.82, 2.24) is 4.90 Å². The molecule has 1 amide bonds. The van der Waals surface area contributed by atoms with E-state index in [1.807, 2.05) is 6.07 Å². The molecule has 1 N–H and O–H groups in total. The van der Waals surface area contributed by atoms with Crippen molar-refractivity contribution in [2.24, 2.45) is 0 Å². The van der Waals surface area contributed by atoms with Gasteiger partial charge in [0.25, 0.3) is 11.6 Å². The van der Waals surface area contributed by atoms with Crippen LogP contribution in [0.25, 0.3) is 0 Å². The van der Waals surface area contributed by atoms with Crippen LogP contribution in [0.5, 0.6) is 0 Å². The summed E-state index contributed by atoms with van der Waals surface area (Å²) in [5.41, 5.74) is 0.720. The van der Waals surface area contributed by atoms with E-state index >= 15 is 0 Å². The molecule has 2 aromatic rings. The molecule has 1 atom stereocenters. The van der Waals surface area contributed by atoms with E-state index in [1.165, 1.54) is 23.1 Å². The standard InChI is InChI=1S/C20H18N2O6/c1-2-28-20(25)16-17(14-9-6-10-15(11-14)22(26)27)21(19(24)18(16)23)12-13-7-4-3-5-8-13/h3-11,17,23H,2,12H2,1H3. The van der Waals surface area contributed by atoms with Gasteiger partial charge in [-0.25, -0.2) is 4.79 Å². The number of non-ortho nitro benzene ring substituents is 1. The molecule has 1 heterocycles. The minimum absolute atomic E-state index is 0.0597. The number of hydrogen-bond donors (Lipinski definition) is 1. The third kappa shape index (κ3) is 3.57. The number of hydrogen-bond acceptors (Lipinski definition) is 6. The summed E-state index contributed by atoms with van der Waals surface area (Å²) in [4.78, 5) is 37.1. The van der Waals surface area contributed by atoms with E-state index in [2.05, 4.69) is 0 Å². The lowest BCUT2D eigenvalue weighted by Crippen LogP contribution is -2.31. The molecule has 1 aliphatic rings. The minimum Gasteiger partial charge on any atom is -0.503 e. The molecule has 0 fully saturated rings. The Labute approximate surface area is 160 Å². The summed E-state index contributed by atoms with van der Waals surface area (Å²) >= 11 is 0. The largest absolute Gasteiger partial charge is 0.503 e. The van der Waals surface area contributed by atoms with Gasteiger partial charge < -0.3 is 14.7 Å². The molecule has 0 saturated carbocycles. The highest BCUT2D eigenvalue weighted by Gasteiger charge is 2.44. The second-order valence-corrected chi connectivity index (χ2v) is 6.16. The Morgan fingerprint density at radius 3 is 2.57 bits per heavy atom. The molecule has 0 spiro atoms. The summed E-state index contributed by atoms with van der Waals surface area (Å²) in [5, 5.41) is 21.5. The van der Waals surface area contributed by atoms with E-state index in [0.717, 1.165) is 5.56 Å². The van der Waals surface area contributed by atoms with Gasteiger partial charge in [-0.1, -0.05) is 42.5 Å². The number of nitro groups is 1. The Balaban J connectivity index is 2.09. The van der Waals surface area contributed by atoms with Gasteiger partial charge in [-0.05, 0) is 18.1 Å². The number of nitrogens with zero attached hydrogens (tertiary/aromatic N) is 2. The normalized spacial score (nSPS) is 16.4. The van der Waals surface area contributed by atoms with Crippen molar-refractivity contribution in [3.05, 3.63) is 87.2 Å². The first-order chi connectivity index (χ1) is 13.4. The third-order valence-corrected chi connectivity index (χ3v) is 4.39. The highest BCUT2D eigenvalue weighted by molar-refractivity contribution is 6.06. The van der Waals surface area contributed by atoms with E-state index in [9.17, 15) is 24.8 Å². The molecule has 8 heteroatoms. The van der Waals surface area contributed by atoms with Crippen LogP contribution in [0.2, 0.25) is 0 Å². The van der Waals surface area contributed by atoms with Crippen LogP contribution in [0, 0.1) is 10.1 Å². The summed E-state index contributed by atoms with van der Waals surface area (Å²) < 4.78 is 5.00. The second-order valence-electron chi connectivity index (χ2n) is 6.16. The van der Waals surface area contributed by atoms with Crippen molar-refractivity contribution < 1.29 is 24.4 Å². The lowest BCUT2D eigenvalue weighted by atomic mass is 9.98. The fourth-order valence-electron chi connectivity index (χ4n) is 3.17.